The average Bonchev–Trinajstić information content (AvgIpc) is 2.97. The van der Waals surface area contributed by atoms with Crippen molar-refractivity contribution in [1.82, 2.24) is 4.90 Å². The normalized spacial score (nSPS) is 12.6. The summed E-state index contributed by atoms with van der Waals surface area (Å²) in [5.74, 6) is 0.891. The fourth-order valence-electron chi connectivity index (χ4n) is 2.41. The number of nitrogens with two attached hydrogens (primary N) is 1. The topological polar surface area (TPSA) is 38.5 Å². The molecule has 0 aliphatic carbocycles. The van der Waals surface area contributed by atoms with Gasteiger partial charge in [0.2, 0.25) is 0 Å². The lowest BCUT2D eigenvalue weighted by atomic mass is 10.1. The van der Waals surface area contributed by atoms with E-state index in [2.05, 4.69) is 43.1 Å². The first-order valence-electron chi connectivity index (χ1n) is 7.29. The zero-order valence-corrected chi connectivity index (χ0v) is 13.8. The zero-order chi connectivity index (χ0) is 15.2. The third-order valence-electron chi connectivity index (χ3n) is 3.71. The standard InChI is InChI=1S/C17H24N2OS/c1-4-15-9-10-17(21-15)16(11-18)19(2)12-13-5-7-14(20-3)8-6-13/h5-10,16H,4,11-12,18H2,1-3H3. The lowest BCUT2D eigenvalue weighted by Gasteiger charge is -2.26. The van der Waals surface area contributed by atoms with Gasteiger partial charge in [-0.15, -0.1) is 11.3 Å². The molecular weight excluding hydrogens is 280 g/mol. The maximum absolute atomic E-state index is 6.00. The first-order chi connectivity index (χ1) is 10.2. The summed E-state index contributed by atoms with van der Waals surface area (Å²) in [6.45, 7) is 3.70. The second-order valence-electron chi connectivity index (χ2n) is 5.17. The molecule has 0 amide bonds. The number of hydrogen-bond donors (Lipinski definition) is 1. The highest BCUT2D eigenvalue weighted by atomic mass is 32.1. The number of methoxy groups -OCH3 is 1. The molecule has 0 radical (unpaired) electrons. The van der Waals surface area contributed by atoms with Gasteiger partial charge in [0.05, 0.1) is 13.2 Å². The summed E-state index contributed by atoms with van der Waals surface area (Å²) < 4.78 is 5.20. The minimum Gasteiger partial charge on any atom is -0.497 e. The van der Waals surface area contributed by atoms with Crippen molar-refractivity contribution in [1.29, 1.82) is 0 Å². The molecule has 1 aromatic heterocycles. The van der Waals surface area contributed by atoms with Crippen molar-refractivity contribution in [3.63, 3.8) is 0 Å². The number of benzene rings is 1. The first kappa shape index (κ1) is 16.0. The van der Waals surface area contributed by atoms with E-state index in [1.807, 2.05) is 23.5 Å². The van der Waals surface area contributed by atoms with Crippen molar-refractivity contribution < 1.29 is 4.74 Å². The molecule has 0 aliphatic rings. The van der Waals surface area contributed by atoms with Crippen LogP contribution >= 0.6 is 11.3 Å². The summed E-state index contributed by atoms with van der Waals surface area (Å²) >= 11 is 1.87. The SMILES string of the molecule is CCc1ccc(C(CN)N(C)Cc2ccc(OC)cc2)s1. The Hall–Kier alpha value is -1.36. The van der Waals surface area contributed by atoms with E-state index in [-0.39, 0.29) is 6.04 Å². The number of likely N-dealkylation sites (N-methyl/N-ethyl adjacent to an activating group) is 1. The summed E-state index contributed by atoms with van der Waals surface area (Å²) in [7, 11) is 3.82. The van der Waals surface area contributed by atoms with Gasteiger partial charge in [0.15, 0.2) is 0 Å². The van der Waals surface area contributed by atoms with Gasteiger partial charge in [0.1, 0.15) is 5.75 Å². The smallest absolute Gasteiger partial charge is 0.118 e. The molecule has 1 atom stereocenters. The molecule has 0 saturated heterocycles. The Morgan fingerprint density at radius 1 is 1.19 bits per heavy atom. The molecule has 114 valence electrons. The van der Waals surface area contributed by atoms with Gasteiger partial charge in [-0.05, 0) is 43.3 Å². The minimum absolute atomic E-state index is 0.275. The van der Waals surface area contributed by atoms with Crippen LogP contribution in [-0.4, -0.2) is 25.6 Å². The lowest BCUT2D eigenvalue weighted by Crippen LogP contribution is -2.29. The molecular formula is C17H24N2OS. The van der Waals surface area contributed by atoms with Crippen LogP contribution in [-0.2, 0) is 13.0 Å². The van der Waals surface area contributed by atoms with Gasteiger partial charge >= 0.3 is 0 Å². The van der Waals surface area contributed by atoms with Gasteiger partial charge in [-0.25, -0.2) is 0 Å². The molecule has 4 heteroatoms. The molecule has 1 heterocycles. The van der Waals surface area contributed by atoms with E-state index in [9.17, 15) is 0 Å². The second-order valence-corrected chi connectivity index (χ2v) is 6.37. The van der Waals surface area contributed by atoms with Crippen molar-refractivity contribution in [3.05, 3.63) is 51.7 Å². The Kier molecular flexibility index (Phi) is 5.79. The van der Waals surface area contributed by atoms with E-state index in [0.717, 1.165) is 18.7 Å². The zero-order valence-electron chi connectivity index (χ0n) is 13.0. The molecule has 2 aromatic rings. The van der Waals surface area contributed by atoms with Crippen LogP contribution in [0.3, 0.4) is 0 Å². The number of rotatable bonds is 7. The molecule has 0 saturated carbocycles. The van der Waals surface area contributed by atoms with Crippen LogP contribution in [0.5, 0.6) is 5.75 Å². The van der Waals surface area contributed by atoms with E-state index < -0.39 is 0 Å². The summed E-state index contributed by atoms with van der Waals surface area (Å²) in [5.41, 5.74) is 7.27. The van der Waals surface area contributed by atoms with Crippen LogP contribution in [0.1, 0.15) is 28.3 Å². The number of aryl methyl sites for hydroxylation is 1. The molecule has 1 unspecified atom stereocenters. The molecule has 0 fully saturated rings. The lowest BCUT2D eigenvalue weighted by molar-refractivity contribution is 0.245. The van der Waals surface area contributed by atoms with Gasteiger partial charge in [0.25, 0.3) is 0 Å². The maximum atomic E-state index is 6.00. The predicted molar refractivity (Wildman–Crippen MR) is 90.0 cm³/mol. The van der Waals surface area contributed by atoms with E-state index in [4.69, 9.17) is 10.5 Å². The first-order valence-corrected chi connectivity index (χ1v) is 8.11. The summed E-state index contributed by atoms with van der Waals surface area (Å²) in [4.78, 5) is 5.08. The molecule has 21 heavy (non-hydrogen) atoms. The highest BCUT2D eigenvalue weighted by Crippen LogP contribution is 2.28. The van der Waals surface area contributed by atoms with Crippen LogP contribution in [0.25, 0.3) is 0 Å². The van der Waals surface area contributed by atoms with Gasteiger partial charge in [-0.3, -0.25) is 4.90 Å². The Morgan fingerprint density at radius 2 is 1.90 bits per heavy atom. The highest BCUT2D eigenvalue weighted by Gasteiger charge is 2.17. The number of thiophene rings is 1. The monoisotopic (exact) mass is 304 g/mol. The predicted octanol–water partition coefficient (Wildman–Crippen LogP) is 3.45. The highest BCUT2D eigenvalue weighted by molar-refractivity contribution is 7.12. The molecule has 2 N–H and O–H groups in total. The van der Waals surface area contributed by atoms with E-state index in [1.54, 1.807) is 7.11 Å². The third kappa shape index (κ3) is 4.06. The van der Waals surface area contributed by atoms with Gasteiger partial charge in [-0.2, -0.15) is 0 Å². The van der Waals surface area contributed by atoms with Crippen LogP contribution in [0.4, 0.5) is 0 Å². The molecule has 0 bridgehead atoms. The van der Waals surface area contributed by atoms with Crippen LogP contribution < -0.4 is 10.5 Å². The number of hydrogen-bond acceptors (Lipinski definition) is 4. The van der Waals surface area contributed by atoms with Crippen molar-refractivity contribution in [2.75, 3.05) is 20.7 Å². The average molecular weight is 304 g/mol. The summed E-state index contributed by atoms with van der Waals surface area (Å²) in [6.07, 6.45) is 1.09. The van der Waals surface area contributed by atoms with Crippen LogP contribution in [0, 0.1) is 0 Å². The van der Waals surface area contributed by atoms with Crippen molar-refractivity contribution in [2.45, 2.75) is 25.9 Å². The Bertz CT molecular complexity index is 550. The third-order valence-corrected chi connectivity index (χ3v) is 5.04. The minimum atomic E-state index is 0.275. The van der Waals surface area contributed by atoms with Crippen molar-refractivity contribution in [2.24, 2.45) is 5.73 Å². The fourth-order valence-corrected chi connectivity index (χ4v) is 3.54. The number of ether oxygens (including phenoxy) is 1. The van der Waals surface area contributed by atoms with Crippen LogP contribution in [0.15, 0.2) is 36.4 Å². The Labute approximate surface area is 131 Å². The molecule has 1 aromatic carbocycles. The molecule has 2 rings (SSSR count). The summed E-state index contributed by atoms with van der Waals surface area (Å²) in [6, 6.07) is 12.9. The molecule has 0 spiro atoms. The quantitative estimate of drug-likeness (QED) is 0.851. The van der Waals surface area contributed by atoms with E-state index in [0.29, 0.717) is 6.54 Å². The fraction of sp³-hybridized carbons (Fsp3) is 0.412. The largest absolute Gasteiger partial charge is 0.497 e. The molecule has 3 nitrogen and oxygen atoms in total. The Morgan fingerprint density at radius 3 is 2.43 bits per heavy atom. The second kappa shape index (κ2) is 7.59. The van der Waals surface area contributed by atoms with Gasteiger partial charge in [0, 0.05) is 22.8 Å². The van der Waals surface area contributed by atoms with Gasteiger partial charge in [-0.1, -0.05) is 19.1 Å². The van der Waals surface area contributed by atoms with E-state index >= 15 is 0 Å². The van der Waals surface area contributed by atoms with Crippen LogP contribution in [0.2, 0.25) is 0 Å². The maximum Gasteiger partial charge on any atom is 0.118 e. The number of nitrogens with zero attached hydrogens (tertiary/aromatic N) is 1. The Balaban J connectivity index is 2.06. The molecule has 0 aliphatic heterocycles. The van der Waals surface area contributed by atoms with Crippen molar-refractivity contribution >= 4 is 11.3 Å². The van der Waals surface area contributed by atoms with E-state index in [1.165, 1.54) is 15.3 Å². The van der Waals surface area contributed by atoms with Crippen molar-refractivity contribution in [3.8, 4) is 5.75 Å². The summed E-state index contributed by atoms with van der Waals surface area (Å²) in [5, 5.41) is 0. The van der Waals surface area contributed by atoms with Gasteiger partial charge < -0.3 is 10.5 Å².